The summed E-state index contributed by atoms with van der Waals surface area (Å²) >= 11 is 0. The highest BCUT2D eigenvalue weighted by atomic mass is 16.5. The summed E-state index contributed by atoms with van der Waals surface area (Å²) in [6.07, 6.45) is -0.0257. The van der Waals surface area contributed by atoms with Gasteiger partial charge in [0.05, 0.1) is 32.3 Å². The molecule has 1 unspecified atom stereocenters. The van der Waals surface area contributed by atoms with Gasteiger partial charge in [0.15, 0.2) is 0 Å². The van der Waals surface area contributed by atoms with Crippen molar-refractivity contribution in [2.24, 2.45) is 0 Å². The van der Waals surface area contributed by atoms with Crippen LogP contribution in [0.4, 0.5) is 0 Å². The van der Waals surface area contributed by atoms with Crippen LogP contribution in [0.1, 0.15) is 12.8 Å². The van der Waals surface area contributed by atoms with E-state index < -0.39 is 6.10 Å². The van der Waals surface area contributed by atoms with E-state index in [1.807, 2.05) is 24.3 Å². The van der Waals surface area contributed by atoms with Gasteiger partial charge in [-0.25, -0.2) is 0 Å². The Morgan fingerprint density at radius 2 is 2.19 bits per heavy atom. The van der Waals surface area contributed by atoms with Gasteiger partial charge in [-0.05, 0) is 12.1 Å². The summed E-state index contributed by atoms with van der Waals surface area (Å²) in [4.78, 5) is 0. The molecule has 0 saturated carbocycles. The lowest BCUT2D eigenvalue weighted by Gasteiger charge is -2.09. The molecule has 0 fully saturated rings. The zero-order valence-corrected chi connectivity index (χ0v) is 9.22. The third-order valence-electron chi connectivity index (χ3n) is 2.09. The van der Waals surface area contributed by atoms with Crippen molar-refractivity contribution in [1.82, 2.24) is 0 Å². The fourth-order valence-corrected chi connectivity index (χ4v) is 1.21. The first kappa shape index (κ1) is 12.3. The van der Waals surface area contributed by atoms with Gasteiger partial charge in [-0.1, -0.05) is 6.07 Å². The first-order valence-electron chi connectivity index (χ1n) is 5.08. The van der Waals surface area contributed by atoms with E-state index in [-0.39, 0.29) is 6.42 Å². The third kappa shape index (κ3) is 4.20. The summed E-state index contributed by atoms with van der Waals surface area (Å²) in [5.41, 5.74) is 0. The van der Waals surface area contributed by atoms with Crippen LogP contribution in [0.5, 0.6) is 11.5 Å². The standard InChI is InChI=1S/C12H15NO3/c1-15-11-3-2-4-12(9-11)16-8-6-10(14)5-7-13/h2-4,9-10,14H,5-6,8H2,1H3. The van der Waals surface area contributed by atoms with Crippen LogP contribution in [0.25, 0.3) is 0 Å². The Morgan fingerprint density at radius 3 is 2.88 bits per heavy atom. The molecule has 1 aromatic carbocycles. The number of hydrogen-bond donors (Lipinski definition) is 1. The Hall–Kier alpha value is -1.73. The minimum atomic E-state index is -0.615. The number of aliphatic hydroxyl groups is 1. The van der Waals surface area contributed by atoms with Crippen LogP contribution in [-0.2, 0) is 0 Å². The summed E-state index contributed by atoms with van der Waals surface area (Å²) in [6, 6.07) is 9.17. The van der Waals surface area contributed by atoms with Gasteiger partial charge in [-0.2, -0.15) is 5.26 Å². The number of hydrogen-bond acceptors (Lipinski definition) is 4. The number of nitriles is 1. The van der Waals surface area contributed by atoms with Gasteiger partial charge >= 0.3 is 0 Å². The zero-order chi connectivity index (χ0) is 11.8. The van der Waals surface area contributed by atoms with Crippen molar-refractivity contribution in [2.45, 2.75) is 18.9 Å². The molecule has 0 saturated heterocycles. The van der Waals surface area contributed by atoms with Crippen LogP contribution >= 0.6 is 0 Å². The summed E-state index contributed by atoms with van der Waals surface area (Å²) in [5.74, 6) is 1.43. The first-order valence-corrected chi connectivity index (χ1v) is 5.08. The molecule has 4 nitrogen and oxygen atoms in total. The van der Waals surface area contributed by atoms with Gasteiger partial charge in [0, 0.05) is 12.5 Å². The van der Waals surface area contributed by atoms with Gasteiger partial charge in [0.25, 0.3) is 0 Å². The van der Waals surface area contributed by atoms with E-state index in [9.17, 15) is 5.11 Å². The lowest BCUT2D eigenvalue weighted by atomic mass is 10.2. The highest BCUT2D eigenvalue weighted by Gasteiger charge is 2.03. The summed E-state index contributed by atoms with van der Waals surface area (Å²) < 4.78 is 10.5. The molecule has 1 aromatic rings. The predicted octanol–water partition coefficient (Wildman–Crippen LogP) is 1.74. The minimum Gasteiger partial charge on any atom is -0.497 e. The van der Waals surface area contributed by atoms with Crippen molar-refractivity contribution in [3.05, 3.63) is 24.3 Å². The van der Waals surface area contributed by atoms with Crippen LogP contribution in [0.15, 0.2) is 24.3 Å². The third-order valence-corrected chi connectivity index (χ3v) is 2.09. The molecule has 0 heterocycles. The van der Waals surface area contributed by atoms with E-state index in [2.05, 4.69) is 0 Å². The van der Waals surface area contributed by atoms with Gasteiger partial charge in [-0.15, -0.1) is 0 Å². The molecule has 0 radical (unpaired) electrons. The Morgan fingerprint density at radius 1 is 1.44 bits per heavy atom. The highest BCUT2D eigenvalue weighted by Crippen LogP contribution is 2.19. The lowest BCUT2D eigenvalue weighted by molar-refractivity contribution is 0.143. The van der Waals surface area contributed by atoms with E-state index in [0.717, 1.165) is 5.75 Å². The van der Waals surface area contributed by atoms with Crippen molar-refractivity contribution in [3.8, 4) is 17.6 Å². The summed E-state index contributed by atoms with van der Waals surface area (Å²) in [7, 11) is 1.59. The number of rotatable bonds is 6. The van der Waals surface area contributed by atoms with Crippen LogP contribution in [0, 0.1) is 11.3 Å². The maximum absolute atomic E-state index is 9.30. The first-order chi connectivity index (χ1) is 7.76. The minimum absolute atomic E-state index is 0.140. The maximum Gasteiger partial charge on any atom is 0.122 e. The van der Waals surface area contributed by atoms with Gasteiger partial charge in [-0.3, -0.25) is 0 Å². The predicted molar refractivity (Wildman–Crippen MR) is 59.3 cm³/mol. The van der Waals surface area contributed by atoms with Gasteiger partial charge in [0.1, 0.15) is 11.5 Å². The maximum atomic E-state index is 9.30. The quantitative estimate of drug-likeness (QED) is 0.794. The van der Waals surface area contributed by atoms with Crippen LogP contribution in [0.3, 0.4) is 0 Å². The molecule has 16 heavy (non-hydrogen) atoms. The number of aliphatic hydroxyl groups excluding tert-OH is 1. The molecule has 0 aromatic heterocycles. The Balaban J connectivity index is 2.34. The molecule has 1 N–H and O–H groups in total. The second-order valence-electron chi connectivity index (χ2n) is 3.33. The van der Waals surface area contributed by atoms with Crippen molar-refractivity contribution in [3.63, 3.8) is 0 Å². The van der Waals surface area contributed by atoms with Crippen molar-refractivity contribution < 1.29 is 14.6 Å². The summed E-state index contributed by atoms with van der Waals surface area (Å²) in [5, 5.41) is 17.7. The van der Waals surface area contributed by atoms with Crippen molar-refractivity contribution >= 4 is 0 Å². The molecule has 1 rings (SSSR count). The molecule has 0 amide bonds. The number of methoxy groups -OCH3 is 1. The zero-order valence-electron chi connectivity index (χ0n) is 9.22. The Bertz CT molecular complexity index is 360. The molecule has 1 atom stereocenters. The molecule has 0 aliphatic carbocycles. The second kappa shape index (κ2) is 6.70. The van der Waals surface area contributed by atoms with Crippen LogP contribution < -0.4 is 9.47 Å². The molecular weight excluding hydrogens is 206 g/mol. The Kier molecular flexibility index (Phi) is 5.17. The van der Waals surface area contributed by atoms with Crippen molar-refractivity contribution in [1.29, 1.82) is 5.26 Å². The van der Waals surface area contributed by atoms with E-state index in [1.54, 1.807) is 13.2 Å². The molecule has 86 valence electrons. The van der Waals surface area contributed by atoms with E-state index in [1.165, 1.54) is 0 Å². The highest BCUT2D eigenvalue weighted by molar-refractivity contribution is 5.32. The number of nitrogens with zero attached hydrogens (tertiary/aromatic N) is 1. The molecule has 0 bridgehead atoms. The average Bonchev–Trinajstić information content (AvgIpc) is 2.30. The van der Waals surface area contributed by atoms with Gasteiger partial charge in [0.2, 0.25) is 0 Å². The average molecular weight is 221 g/mol. The molecule has 0 aliphatic heterocycles. The largest absolute Gasteiger partial charge is 0.497 e. The Labute approximate surface area is 95.0 Å². The number of ether oxygens (including phenoxy) is 2. The lowest BCUT2D eigenvalue weighted by Crippen LogP contribution is -2.11. The monoisotopic (exact) mass is 221 g/mol. The van der Waals surface area contributed by atoms with Gasteiger partial charge < -0.3 is 14.6 Å². The smallest absolute Gasteiger partial charge is 0.122 e. The number of benzene rings is 1. The molecule has 4 heteroatoms. The molecular formula is C12H15NO3. The van der Waals surface area contributed by atoms with E-state index >= 15 is 0 Å². The van der Waals surface area contributed by atoms with Crippen LogP contribution in [0.2, 0.25) is 0 Å². The van der Waals surface area contributed by atoms with E-state index in [4.69, 9.17) is 14.7 Å². The SMILES string of the molecule is COc1cccc(OCCC(O)CC#N)c1. The fourth-order valence-electron chi connectivity index (χ4n) is 1.21. The van der Waals surface area contributed by atoms with Crippen molar-refractivity contribution in [2.75, 3.05) is 13.7 Å². The molecule has 0 aliphatic rings. The summed E-state index contributed by atoms with van der Waals surface area (Å²) in [6.45, 7) is 0.385. The topological polar surface area (TPSA) is 62.5 Å². The fraction of sp³-hybridized carbons (Fsp3) is 0.417. The van der Waals surface area contributed by atoms with E-state index in [0.29, 0.717) is 18.8 Å². The second-order valence-corrected chi connectivity index (χ2v) is 3.33. The van der Waals surface area contributed by atoms with Crippen LogP contribution in [-0.4, -0.2) is 24.9 Å². The normalized spacial score (nSPS) is 11.6. The molecule has 0 spiro atoms.